The molecule has 3 atom stereocenters. The van der Waals surface area contributed by atoms with Gasteiger partial charge >= 0.3 is 0 Å². The number of hydrogen-bond donors (Lipinski definition) is 1. The van der Waals surface area contributed by atoms with Crippen LogP contribution >= 0.6 is 0 Å². The lowest BCUT2D eigenvalue weighted by Gasteiger charge is -2.38. The van der Waals surface area contributed by atoms with Crippen LogP contribution in [0.15, 0.2) is 103 Å². The van der Waals surface area contributed by atoms with Crippen molar-refractivity contribution in [3.63, 3.8) is 0 Å². The molecule has 1 saturated heterocycles. The Morgan fingerprint density at radius 2 is 1.50 bits per heavy atom. The number of aromatic nitrogens is 1. The number of nitrogens with zero attached hydrogens (tertiary/aromatic N) is 4. The zero-order valence-corrected chi connectivity index (χ0v) is 27.6. The van der Waals surface area contributed by atoms with Crippen LogP contribution in [0.1, 0.15) is 65.8 Å². The van der Waals surface area contributed by atoms with E-state index >= 15 is 0 Å². The van der Waals surface area contributed by atoms with Crippen LogP contribution in [0.4, 0.5) is 5.69 Å². The molecule has 1 N–H and O–H groups in total. The van der Waals surface area contributed by atoms with Crippen molar-refractivity contribution in [2.24, 2.45) is 7.05 Å². The smallest absolute Gasteiger partial charge is 0.119 e. The Morgan fingerprint density at radius 1 is 0.826 bits per heavy atom. The van der Waals surface area contributed by atoms with Gasteiger partial charge in [-0.15, -0.1) is 0 Å². The summed E-state index contributed by atoms with van der Waals surface area (Å²) in [7, 11) is 2.12. The average molecular weight is 613 g/mol. The number of likely N-dealkylation sites (N-methyl/N-ethyl adjacent to an activating group) is 2. The predicted molar refractivity (Wildman–Crippen MR) is 190 cm³/mol. The third-order valence-electron chi connectivity index (χ3n) is 10.6. The van der Waals surface area contributed by atoms with E-state index in [9.17, 15) is 5.11 Å². The third kappa shape index (κ3) is 5.88. The molecule has 4 aromatic carbocycles. The lowest BCUT2D eigenvalue weighted by atomic mass is 9.86. The van der Waals surface area contributed by atoms with Crippen LogP contribution in [-0.2, 0) is 26.6 Å². The monoisotopic (exact) mass is 612 g/mol. The first kappa shape index (κ1) is 30.7. The van der Waals surface area contributed by atoms with Gasteiger partial charge in [-0.25, -0.2) is 0 Å². The highest BCUT2D eigenvalue weighted by Gasteiger charge is 2.41. The molecular weight excluding hydrogens is 564 g/mol. The van der Waals surface area contributed by atoms with Crippen molar-refractivity contribution in [3.05, 3.63) is 137 Å². The first-order chi connectivity index (χ1) is 22.6. The molecule has 0 radical (unpaired) electrons. The maximum atomic E-state index is 12.3. The summed E-state index contributed by atoms with van der Waals surface area (Å²) >= 11 is 0. The number of aliphatic hydroxyl groups is 1. The molecule has 0 amide bonds. The Hall–Kier alpha value is -3.90. The molecule has 7 rings (SSSR count). The summed E-state index contributed by atoms with van der Waals surface area (Å²) in [5.41, 5.74) is 9.88. The zero-order chi connectivity index (χ0) is 31.6. The molecule has 0 saturated carbocycles. The standard InChI is InChI=1S/C41H48N4O/c1-4-43-24-22-34-36-26-32(20-21-38(36)45(5-2)39(34)29-43)41(46)40-35(33-18-12-13-19-37(33)42(40)3)23-25-44(27-30-14-8-6-9-15-30)28-31-16-10-7-11-17-31/h6-21,26,34,39,41,46H,4-5,22-25,27-29H2,1-3H3. The number of rotatable bonds is 11. The quantitative estimate of drug-likeness (QED) is 0.167. The van der Waals surface area contributed by atoms with Crippen LogP contribution in [0.2, 0.25) is 0 Å². The van der Waals surface area contributed by atoms with E-state index < -0.39 is 6.10 Å². The maximum absolute atomic E-state index is 12.3. The fourth-order valence-corrected chi connectivity index (χ4v) is 8.28. The Labute approximate surface area is 274 Å². The van der Waals surface area contributed by atoms with E-state index in [0.29, 0.717) is 12.0 Å². The average Bonchev–Trinajstić information content (AvgIpc) is 3.57. The number of benzene rings is 4. The van der Waals surface area contributed by atoms with E-state index in [4.69, 9.17) is 0 Å². The second-order valence-corrected chi connectivity index (χ2v) is 13.2. The third-order valence-corrected chi connectivity index (χ3v) is 10.6. The summed E-state index contributed by atoms with van der Waals surface area (Å²) in [6, 6.07) is 37.5. The summed E-state index contributed by atoms with van der Waals surface area (Å²) in [4.78, 5) is 7.74. The van der Waals surface area contributed by atoms with E-state index in [1.807, 2.05) is 0 Å². The van der Waals surface area contributed by atoms with Crippen LogP contribution in [0.5, 0.6) is 0 Å². The van der Waals surface area contributed by atoms with Crippen LogP contribution < -0.4 is 4.90 Å². The molecule has 0 spiro atoms. The van der Waals surface area contributed by atoms with E-state index in [1.165, 1.54) is 45.3 Å². The van der Waals surface area contributed by atoms with Gasteiger partial charge in [0.25, 0.3) is 0 Å². The van der Waals surface area contributed by atoms with Gasteiger partial charge in [0.1, 0.15) is 6.10 Å². The molecule has 5 heteroatoms. The number of aryl methyl sites for hydroxylation is 1. The number of anilines is 1. The number of para-hydroxylation sites is 1. The van der Waals surface area contributed by atoms with Gasteiger partial charge in [0.05, 0.1) is 5.69 Å². The zero-order valence-electron chi connectivity index (χ0n) is 27.6. The summed E-state index contributed by atoms with van der Waals surface area (Å²) < 4.78 is 2.24. The van der Waals surface area contributed by atoms with Crippen molar-refractivity contribution in [1.82, 2.24) is 14.4 Å². The first-order valence-electron chi connectivity index (χ1n) is 17.2. The molecule has 0 aliphatic carbocycles. The van der Waals surface area contributed by atoms with Crippen molar-refractivity contribution in [1.29, 1.82) is 0 Å². The molecule has 5 nitrogen and oxygen atoms in total. The number of hydrogen-bond acceptors (Lipinski definition) is 4. The maximum Gasteiger partial charge on any atom is 0.119 e. The fourth-order valence-electron chi connectivity index (χ4n) is 8.28. The Balaban J connectivity index is 1.21. The summed E-state index contributed by atoms with van der Waals surface area (Å²) in [6.45, 7) is 11.6. The van der Waals surface area contributed by atoms with Gasteiger partial charge < -0.3 is 19.5 Å². The SMILES string of the molecule is CCN1CCC2c3cc(C(O)c4c(CCN(Cc5ccccc5)Cc5ccccc5)c5ccccc5n4C)ccc3N(CC)C2C1. The van der Waals surface area contributed by atoms with E-state index in [2.05, 4.69) is 143 Å². The minimum Gasteiger partial charge on any atom is -0.382 e. The minimum absolute atomic E-state index is 0.523. The Kier molecular flexibility index (Phi) is 8.99. The molecule has 2 aliphatic heterocycles. The Bertz CT molecular complexity index is 1720. The molecule has 1 fully saturated rings. The van der Waals surface area contributed by atoms with Crippen molar-refractivity contribution >= 4 is 16.6 Å². The van der Waals surface area contributed by atoms with Gasteiger partial charge in [-0.3, -0.25) is 4.90 Å². The largest absolute Gasteiger partial charge is 0.382 e. The number of fused-ring (bicyclic) bond motifs is 4. The van der Waals surface area contributed by atoms with Gasteiger partial charge in [-0.05, 0) is 72.8 Å². The molecule has 0 bridgehead atoms. The minimum atomic E-state index is -0.695. The predicted octanol–water partition coefficient (Wildman–Crippen LogP) is 7.52. The van der Waals surface area contributed by atoms with Gasteiger partial charge in [0, 0.05) is 68.3 Å². The molecular formula is C41H48N4O. The van der Waals surface area contributed by atoms with Crippen molar-refractivity contribution in [3.8, 4) is 0 Å². The van der Waals surface area contributed by atoms with Gasteiger partial charge in [0.2, 0.25) is 0 Å². The highest BCUT2D eigenvalue weighted by atomic mass is 16.3. The van der Waals surface area contributed by atoms with Crippen molar-refractivity contribution in [2.75, 3.05) is 37.6 Å². The molecule has 46 heavy (non-hydrogen) atoms. The molecule has 3 unspecified atom stereocenters. The molecule has 5 aromatic rings. The summed E-state index contributed by atoms with van der Waals surface area (Å²) in [5.74, 6) is 0.529. The van der Waals surface area contributed by atoms with Gasteiger partial charge in [0.15, 0.2) is 0 Å². The normalized spacial score (nSPS) is 18.7. The lowest BCUT2D eigenvalue weighted by Crippen LogP contribution is -2.48. The highest BCUT2D eigenvalue weighted by molar-refractivity contribution is 5.86. The number of likely N-dealkylation sites (tertiary alicyclic amines) is 1. The van der Waals surface area contributed by atoms with E-state index in [0.717, 1.165) is 63.5 Å². The van der Waals surface area contributed by atoms with Crippen LogP contribution in [0, 0.1) is 0 Å². The molecule has 3 heterocycles. The lowest BCUT2D eigenvalue weighted by molar-refractivity contribution is 0.201. The van der Waals surface area contributed by atoms with Gasteiger partial charge in [-0.2, -0.15) is 0 Å². The van der Waals surface area contributed by atoms with E-state index in [-0.39, 0.29) is 0 Å². The van der Waals surface area contributed by atoms with Crippen molar-refractivity contribution in [2.45, 2.75) is 57.8 Å². The van der Waals surface area contributed by atoms with Crippen molar-refractivity contribution < 1.29 is 5.11 Å². The summed E-state index contributed by atoms with van der Waals surface area (Å²) in [5, 5.41) is 13.5. The first-order valence-corrected chi connectivity index (χ1v) is 17.2. The molecule has 2 aliphatic rings. The fraction of sp³-hybridized carbons (Fsp3) is 0.366. The number of piperidine rings is 1. The van der Waals surface area contributed by atoms with Gasteiger partial charge in [-0.1, -0.05) is 97.9 Å². The molecule has 1 aromatic heterocycles. The second-order valence-electron chi connectivity index (χ2n) is 13.2. The second kappa shape index (κ2) is 13.4. The van der Waals surface area contributed by atoms with Crippen LogP contribution in [0.25, 0.3) is 10.9 Å². The summed E-state index contributed by atoms with van der Waals surface area (Å²) in [6.07, 6.45) is 1.35. The molecule has 238 valence electrons. The topological polar surface area (TPSA) is 34.9 Å². The van der Waals surface area contributed by atoms with Crippen LogP contribution in [0.3, 0.4) is 0 Å². The van der Waals surface area contributed by atoms with E-state index in [1.54, 1.807) is 0 Å². The Morgan fingerprint density at radius 3 is 2.17 bits per heavy atom. The number of aliphatic hydroxyl groups excluding tert-OH is 1. The highest BCUT2D eigenvalue weighted by Crippen LogP contribution is 2.46. The van der Waals surface area contributed by atoms with Crippen LogP contribution in [-0.4, -0.2) is 58.2 Å².